The molecule has 0 spiro atoms. The van der Waals surface area contributed by atoms with Crippen LogP contribution in [0.25, 0.3) is 0 Å². The lowest BCUT2D eigenvalue weighted by atomic mass is 10.2. The second kappa shape index (κ2) is 6.88. The van der Waals surface area contributed by atoms with Crippen LogP contribution in [0.4, 0.5) is 0 Å². The van der Waals surface area contributed by atoms with Crippen molar-refractivity contribution in [2.75, 3.05) is 12.4 Å². The molecule has 0 aliphatic rings. The van der Waals surface area contributed by atoms with Crippen molar-refractivity contribution >= 4 is 23.2 Å². The molecule has 1 rings (SSSR count). The number of halogens is 2. The van der Waals surface area contributed by atoms with Gasteiger partial charge in [0, 0.05) is 24.0 Å². The van der Waals surface area contributed by atoms with Crippen molar-refractivity contribution in [3.05, 3.63) is 47.0 Å². The fraction of sp³-hybridized carbons (Fsp3) is 0.273. The van der Waals surface area contributed by atoms with Gasteiger partial charge in [-0.25, -0.2) is 0 Å². The molecular weight excluding hydrogens is 217 g/mol. The van der Waals surface area contributed by atoms with E-state index in [1.54, 1.807) is 0 Å². The van der Waals surface area contributed by atoms with E-state index in [2.05, 4.69) is 5.32 Å². The summed E-state index contributed by atoms with van der Waals surface area (Å²) in [7, 11) is 0. The van der Waals surface area contributed by atoms with Crippen molar-refractivity contribution in [2.45, 2.75) is 6.54 Å². The van der Waals surface area contributed by atoms with Gasteiger partial charge in [-0.05, 0) is 17.7 Å². The Hall–Kier alpha value is -0.500. The van der Waals surface area contributed by atoms with Crippen LogP contribution in [-0.2, 0) is 6.54 Å². The summed E-state index contributed by atoms with van der Waals surface area (Å²) in [5.41, 5.74) is 1.19. The van der Waals surface area contributed by atoms with Gasteiger partial charge < -0.3 is 5.32 Å². The normalized spacial score (nSPS) is 11.0. The monoisotopic (exact) mass is 229 g/mol. The van der Waals surface area contributed by atoms with Crippen LogP contribution in [0.2, 0.25) is 5.02 Å². The number of nitrogens with one attached hydrogen (secondary N) is 1. The first kappa shape index (κ1) is 11.6. The van der Waals surface area contributed by atoms with Gasteiger partial charge in [0.1, 0.15) is 0 Å². The van der Waals surface area contributed by atoms with Gasteiger partial charge in [0.2, 0.25) is 0 Å². The summed E-state index contributed by atoms with van der Waals surface area (Å²) < 4.78 is 0. The lowest BCUT2D eigenvalue weighted by Crippen LogP contribution is -2.12. The third-order valence-electron chi connectivity index (χ3n) is 1.74. The summed E-state index contributed by atoms with van der Waals surface area (Å²) in [4.78, 5) is 0. The van der Waals surface area contributed by atoms with E-state index < -0.39 is 0 Å². The van der Waals surface area contributed by atoms with Gasteiger partial charge in [-0.1, -0.05) is 35.9 Å². The molecule has 0 radical (unpaired) electrons. The smallest absolute Gasteiger partial charge is 0.0409 e. The second-order valence-electron chi connectivity index (χ2n) is 2.89. The SMILES string of the molecule is ClC/C=C/CNCc1cccc(Cl)c1. The minimum Gasteiger partial charge on any atom is -0.309 e. The molecule has 1 aromatic carbocycles. The number of benzene rings is 1. The van der Waals surface area contributed by atoms with Crippen molar-refractivity contribution in [3.8, 4) is 0 Å². The molecule has 3 heteroatoms. The number of rotatable bonds is 5. The summed E-state index contributed by atoms with van der Waals surface area (Å²) in [6.45, 7) is 1.66. The molecule has 0 amide bonds. The highest BCUT2D eigenvalue weighted by Crippen LogP contribution is 2.09. The summed E-state index contributed by atoms with van der Waals surface area (Å²) in [5.74, 6) is 0.568. The van der Waals surface area contributed by atoms with E-state index in [9.17, 15) is 0 Å². The highest BCUT2D eigenvalue weighted by Gasteiger charge is 1.91. The van der Waals surface area contributed by atoms with Gasteiger partial charge >= 0.3 is 0 Å². The van der Waals surface area contributed by atoms with Crippen LogP contribution in [0.15, 0.2) is 36.4 Å². The fourth-order valence-corrected chi connectivity index (χ4v) is 1.43. The van der Waals surface area contributed by atoms with E-state index in [1.165, 1.54) is 5.56 Å². The largest absolute Gasteiger partial charge is 0.309 e. The van der Waals surface area contributed by atoms with Gasteiger partial charge in [0.15, 0.2) is 0 Å². The van der Waals surface area contributed by atoms with Crippen LogP contribution in [0.5, 0.6) is 0 Å². The maximum Gasteiger partial charge on any atom is 0.0409 e. The quantitative estimate of drug-likeness (QED) is 0.465. The molecule has 0 atom stereocenters. The standard InChI is InChI=1S/C11H13Cl2N/c12-6-1-2-7-14-9-10-4-3-5-11(13)8-10/h1-5,8,14H,6-7,9H2/b2-1+. The molecule has 0 aliphatic carbocycles. The zero-order chi connectivity index (χ0) is 10.2. The minimum atomic E-state index is 0.568. The van der Waals surface area contributed by atoms with Gasteiger partial charge in [0.05, 0.1) is 0 Å². The summed E-state index contributed by atoms with van der Waals surface area (Å²) in [6, 6.07) is 7.83. The van der Waals surface area contributed by atoms with Gasteiger partial charge in [-0.3, -0.25) is 0 Å². The summed E-state index contributed by atoms with van der Waals surface area (Å²) >= 11 is 11.3. The lowest BCUT2D eigenvalue weighted by Gasteiger charge is -2.01. The topological polar surface area (TPSA) is 12.0 Å². The predicted octanol–water partition coefficient (Wildman–Crippen LogP) is 3.22. The maximum atomic E-state index is 5.85. The van der Waals surface area contributed by atoms with Crippen molar-refractivity contribution in [1.29, 1.82) is 0 Å². The van der Waals surface area contributed by atoms with Crippen molar-refractivity contribution in [3.63, 3.8) is 0 Å². The maximum absolute atomic E-state index is 5.85. The number of hydrogen-bond donors (Lipinski definition) is 1. The number of allylic oxidation sites excluding steroid dienone is 1. The summed E-state index contributed by atoms with van der Waals surface area (Å²) in [6.07, 6.45) is 3.93. The Bertz CT molecular complexity index is 297. The highest BCUT2D eigenvalue weighted by molar-refractivity contribution is 6.30. The van der Waals surface area contributed by atoms with E-state index in [1.807, 2.05) is 36.4 Å². The van der Waals surface area contributed by atoms with E-state index in [0.29, 0.717) is 5.88 Å². The first-order valence-corrected chi connectivity index (χ1v) is 5.40. The third kappa shape index (κ3) is 4.66. The van der Waals surface area contributed by atoms with Gasteiger partial charge in [0.25, 0.3) is 0 Å². The van der Waals surface area contributed by atoms with Crippen molar-refractivity contribution in [2.24, 2.45) is 0 Å². The van der Waals surface area contributed by atoms with E-state index in [4.69, 9.17) is 23.2 Å². The number of alkyl halides is 1. The van der Waals surface area contributed by atoms with Crippen LogP contribution >= 0.6 is 23.2 Å². The Kier molecular flexibility index (Phi) is 5.69. The second-order valence-corrected chi connectivity index (χ2v) is 3.63. The zero-order valence-corrected chi connectivity index (χ0v) is 9.35. The van der Waals surface area contributed by atoms with E-state index in [-0.39, 0.29) is 0 Å². The van der Waals surface area contributed by atoms with Crippen LogP contribution in [0, 0.1) is 0 Å². The van der Waals surface area contributed by atoms with Crippen LogP contribution < -0.4 is 5.32 Å². The molecule has 0 fully saturated rings. The Morgan fingerprint density at radius 2 is 2.14 bits per heavy atom. The number of hydrogen-bond acceptors (Lipinski definition) is 1. The molecule has 0 unspecified atom stereocenters. The van der Waals surface area contributed by atoms with E-state index in [0.717, 1.165) is 18.1 Å². The highest BCUT2D eigenvalue weighted by atomic mass is 35.5. The van der Waals surface area contributed by atoms with Crippen LogP contribution in [-0.4, -0.2) is 12.4 Å². The molecule has 0 bridgehead atoms. The molecule has 0 saturated carbocycles. The van der Waals surface area contributed by atoms with Crippen molar-refractivity contribution < 1.29 is 0 Å². The molecule has 1 nitrogen and oxygen atoms in total. The lowest BCUT2D eigenvalue weighted by molar-refractivity contribution is 0.759. The van der Waals surface area contributed by atoms with E-state index >= 15 is 0 Å². The Labute approximate surface area is 94.7 Å². The molecule has 14 heavy (non-hydrogen) atoms. The molecule has 0 aliphatic heterocycles. The summed E-state index contributed by atoms with van der Waals surface area (Å²) in [5, 5.41) is 4.04. The fourth-order valence-electron chi connectivity index (χ4n) is 1.09. The van der Waals surface area contributed by atoms with Gasteiger partial charge in [-0.15, -0.1) is 11.6 Å². The Morgan fingerprint density at radius 3 is 2.86 bits per heavy atom. The van der Waals surface area contributed by atoms with Crippen LogP contribution in [0.3, 0.4) is 0 Å². The van der Waals surface area contributed by atoms with Gasteiger partial charge in [-0.2, -0.15) is 0 Å². The van der Waals surface area contributed by atoms with Crippen LogP contribution in [0.1, 0.15) is 5.56 Å². The molecule has 0 heterocycles. The molecular formula is C11H13Cl2N. The average Bonchev–Trinajstić information content (AvgIpc) is 2.18. The third-order valence-corrected chi connectivity index (χ3v) is 2.15. The predicted molar refractivity (Wildman–Crippen MR) is 63.0 cm³/mol. The first-order valence-electron chi connectivity index (χ1n) is 4.49. The molecule has 0 saturated heterocycles. The molecule has 1 N–H and O–H groups in total. The zero-order valence-electron chi connectivity index (χ0n) is 7.84. The molecule has 76 valence electrons. The molecule has 1 aromatic rings. The average molecular weight is 230 g/mol. The Balaban J connectivity index is 2.28. The molecule has 0 aromatic heterocycles. The Morgan fingerprint density at radius 1 is 1.29 bits per heavy atom. The van der Waals surface area contributed by atoms with Crippen molar-refractivity contribution in [1.82, 2.24) is 5.32 Å². The first-order chi connectivity index (χ1) is 6.83. The minimum absolute atomic E-state index is 0.568.